The summed E-state index contributed by atoms with van der Waals surface area (Å²) in [6.45, 7) is 3.42. The van der Waals surface area contributed by atoms with E-state index in [0.29, 0.717) is 11.6 Å². The summed E-state index contributed by atoms with van der Waals surface area (Å²) in [5.41, 5.74) is 2.31. The highest BCUT2D eigenvalue weighted by Crippen LogP contribution is 2.21. The minimum atomic E-state index is -0.985. The molecule has 1 aromatic carbocycles. The van der Waals surface area contributed by atoms with Gasteiger partial charge >= 0.3 is 6.03 Å². The lowest BCUT2D eigenvalue weighted by Gasteiger charge is -2.19. The number of amides is 4. The Balaban J connectivity index is 1.62. The summed E-state index contributed by atoms with van der Waals surface area (Å²) < 4.78 is 1.86. The van der Waals surface area contributed by atoms with Crippen molar-refractivity contribution in [2.45, 2.75) is 31.0 Å². The Morgan fingerprint density at radius 3 is 2.69 bits per heavy atom. The molecule has 26 heavy (non-hydrogen) atoms. The fourth-order valence-electron chi connectivity index (χ4n) is 2.49. The molecule has 0 aliphatic carbocycles. The van der Waals surface area contributed by atoms with Crippen LogP contribution >= 0.6 is 11.8 Å². The lowest BCUT2D eigenvalue weighted by molar-refractivity contribution is -0.137. The third-order valence-electron chi connectivity index (χ3n) is 4.18. The van der Waals surface area contributed by atoms with E-state index >= 15 is 0 Å². The van der Waals surface area contributed by atoms with Crippen molar-refractivity contribution in [3.05, 3.63) is 42.7 Å². The quantitative estimate of drug-likeness (QED) is 0.594. The Morgan fingerprint density at radius 1 is 1.31 bits per heavy atom. The molecular weight excluding hydrogens is 354 g/mol. The van der Waals surface area contributed by atoms with E-state index in [4.69, 9.17) is 0 Å². The number of rotatable bonds is 6. The van der Waals surface area contributed by atoms with E-state index in [1.807, 2.05) is 34.9 Å². The standard InChI is InChI=1S/C17H19N5O3S/c1-3-17(2)14(24)22(15(25)19-17)20-13(23)11-26-16-18-9-10-21(16)12-7-5-4-6-8-12/h4-10H,3,11H2,1-2H3,(H,19,25)(H,20,23). The summed E-state index contributed by atoms with van der Waals surface area (Å²) in [5, 5.41) is 3.97. The third-order valence-corrected chi connectivity index (χ3v) is 5.14. The second kappa shape index (κ2) is 7.20. The summed E-state index contributed by atoms with van der Waals surface area (Å²) in [5.74, 6) is -0.903. The van der Waals surface area contributed by atoms with E-state index in [1.54, 1.807) is 26.2 Å². The Bertz CT molecular complexity index is 838. The van der Waals surface area contributed by atoms with E-state index < -0.39 is 23.4 Å². The smallest absolute Gasteiger partial charge is 0.322 e. The summed E-state index contributed by atoms with van der Waals surface area (Å²) in [4.78, 5) is 40.6. The molecule has 1 aliphatic rings. The molecule has 1 aliphatic heterocycles. The van der Waals surface area contributed by atoms with Crippen molar-refractivity contribution in [2.24, 2.45) is 0 Å². The number of hydrogen-bond acceptors (Lipinski definition) is 5. The maximum absolute atomic E-state index is 12.3. The molecule has 1 unspecified atom stereocenters. The van der Waals surface area contributed by atoms with Gasteiger partial charge in [-0.25, -0.2) is 9.78 Å². The maximum atomic E-state index is 12.3. The molecule has 136 valence electrons. The normalized spacial score (nSPS) is 19.5. The zero-order valence-corrected chi connectivity index (χ0v) is 15.2. The van der Waals surface area contributed by atoms with Gasteiger partial charge in [-0.2, -0.15) is 5.01 Å². The number of nitrogens with zero attached hydrogens (tertiary/aromatic N) is 3. The highest BCUT2D eigenvalue weighted by Gasteiger charge is 2.47. The number of hydrazine groups is 1. The van der Waals surface area contributed by atoms with Crippen molar-refractivity contribution >= 4 is 29.6 Å². The molecule has 1 saturated heterocycles. The van der Waals surface area contributed by atoms with Crippen LogP contribution in [-0.4, -0.2) is 43.7 Å². The van der Waals surface area contributed by atoms with Gasteiger partial charge in [-0.05, 0) is 25.5 Å². The van der Waals surface area contributed by atoms with Crippen molar-refractivity contribution in [1.29, 1.82) is 0 Å². The Labute approximate surface area is 154 Å². The van der Waals surface area contributed by atoms with E-state index in [2.05, 4.69) is 15.7 Å². The van der Waals surface area contributed by atoms with Crippen molar-refractivity contribution in [1.82, 2.24) is 25.3 Å². The number of nitrogens with one attached hydrogen (secondary N) is 2. The number of carbonyl (C=O) groups excluding carboxylic acids is 3. The van der Waals surface area contributed by atoms with Crippen LogP contribution in [0.4, 0.5) is 4.79 Å². The summed E-state index contributed by atoms with van der Waals surface area (Å²) in [7, 11) is 0. The molecule has 1 aromatic heterocycles. The van der Waals surface area contributed by atoms with Gasteiger partial charge in [-0.15, -0.1) is 0 Å². The van der Waals surface area contributed by atoms with Gasteiger partial charge < -0.3 is 5.32 Å². The fraction of sp³-hybridized carbons (Fsp3) is 0.294. The predicted molar refractivity (Wildman–Crippen MR) is 96.5 cm³/mol. The molecule has 0 spiro atoms. The Morgan fingerprint density at radius 2 is 2.04 bits per heavy atom. The highest BCUT2D eigenvalue weighted by molar-refractivity contribution is 7.99. The Kier molecular flexibility index (Phi) is 4.99. The van der Waals surface area contributed by atoms with Crippen molar-refractivity contribution < 1.29 is 14.4 Å². The fourth-order valence-corrected chi connectivity index (χ4v) is 3.26. The number of aromatic nitrogens is 2. The molecule has 1 atom stereocenters. The van der Waals surface area contributed by atoms with Gasteiger partial charge in [0.1, 0.15) is 5.54 Å². The topological polar surface area (TPSA) is 96.3 Å². The molecule has 0 bridgehead atoms. The second-order valence-corrected chi connectivity index (χ2v) is 6.94. The summed E-state index contributed by atoms with van der Waals surface area (Å²) in [6, 6.07) is 9.00. The largest absolute Gasteiger partial charge is 0.344 e. The number of carbonyl (C=O) groups is 3. The first kappa shape index (κ1) is 18.0. The average Bonchev–Trinajstić information content (AvgIpc) is 3.20. The summed E-state index contributed by atoms with van der Waals surface area (Å²) in [6.07, 6.45) is 3.89. The number of thioether (sulfide) groups is 1. The number of imidazole rings is 1. The van der Waals surface area contributed by atoms with Crippen molar-refractivity contribution in [3.63, 3.8) is 0 Å². The van der Waals surface area contributed by atoms with Crippen LogP contribution in [-0.2, 0) is 9.59 Å². The third kappa shape index (κ3) is 3.43. The van der Waals surface area contributed by atoms with Crippen LogP contribution in [0.3, 0.4) is 0 Å². The predicted octanol–water partition coefficient (Wildman–Crippen LogP) is 1.72. The van der Waals surface area contributed by atoms with E-state index in [-0.39, 0.29) is 5.75 Å². The van der Waals surface area contributed by atoms with Crippen molar-refractivity contribution in [3.8, 4) is 5.69 Å². The first-order valence-electron chi connectivity index (χ1n) is 8.12. The van der Waals surface area contributed by atoms with Gasteiger partial charge in [0, 0.05) is 18.1 Å². The van der Waals surface area contributed by atoms with Crippen LogP contribution in [0.5, 0.6) is 0 Å². The monoisotopic (exact) mass is 373 g/mol. The van der Waals surface area contributed by atoms with Gasteiger partial charge in [0.05, 0.1) is 5.75 Å². The zero-order valence-electron chi connectivity index (χ0n) is 14.4. The van der Waals surface area contributed by atoms with Gasteiger partial charge in [-0.1, -0.05) is 36.9 Å². The number of imide groups is 1. The Hall–Kier alpha value is -2.81. The molecule has 4 amide bonds. The molecule has 2 heterocycles. The van der Waals surface area contributed by atoms with Gasteiger partial charge in [0.25, 0.3) is 5.91 Å². The molecule has 3 rings (SSSR count). The summed E-state index contributed by atoms with van der Waals surface area (Å²) >= 11 is 1.22. The number of urea groups is 1. The minimum absolute atomic E-state index is 0.0176. The SMILES string of the molecule is CCC1(C)NC(=O)N(NC(=O)CSc2nccn2-c2ccccc2)C1=O. The van der Waals surface area contributed by atoms with Crippen molar-refractivity contribution in [2.75, 3.05) is 5.75 Å². The van der Waals surface area contributed by atoms with Crippen LogP contribution in [0.25, 0.3) is 5.69 Å². The molecule has 2 aromatic rings. The average molecular weight is 373 g/mol. The zero-order chi connectivity index (χ0) is 18.7. The number of hydrogen-bond donors (Lipinski definition) is 2. The number of para-hydroxylation sites is 1. The lowest BCUT2D eigenvalue weighted by atomic mass is 10.00. The molecule has 9 heteroatoms. The van der Waals surface area contributed by atoms with Gasteiger partial charge in [0.2, 0.25) is 5.91 Å². The van der Waals surface area contributed by atoms with Crippen LogP contribution in [0.2, 0.25) is 0 Å². The molecule has 0 radical (unpaired) electrons. The first-order valence-corrected chi connectivity index (χ1v) is 9.11. The van der Waals surface area contributed by atoms with E-state index in [0.717, 1.165) is 10.7 Å². The van der Waals surface area contributed by atoms with Crippen LogP contribution in [0.15, 0.2) is 47.9 Å². The molecule has 2 N–H and O–H groups in total. The number of benzene rings is 1. The van der Waals surface area contributed by atoms with Gasteiger partial charge in [-0.3, -0.25) is 19.6 Å². The van der Waals surface area contributed by atoms with Crippen LogP contribution < -0.4 is 10.7 Å². The van der Waals surface area contributed by atoms with Gasteiger partial charge in [0.15, 0.2) is 5.16 Å². The molecule has 1 fully saturated rings. The molecular formula is C17H19N5O3S. The molecule has 0 saturated carbocycles. The highest BCUT2D eigenvalue weighted by atomic mass is 32.2. The second-order valence-electron chi connectivity index (χ2n) is 6.00. The lowest BCUT2D eigenvalue weighted by Crippen LogP contribution is -2.49. The van der Waals surface area contributed by atoms with Crippen LogP contribution in [0, 0.1) is 0 Å². The maximum Gasteiger partial charge on any atom is 0.344 e. The first-order chi connectivity index (χ1) is 12.4. The minimum Gasteiger partial charge on any atom is -0.322 e. The van der Waals surface area contributed by atoms with E-state index in [1.165, 1.54) is 11.8 Å². The van der Waals surface area contributed by atoms with E-state index in [9.17, 15) is 14.4 Å². The molecule has 8 nitrogen and oxygen atoms in total. The van der Waals surface area contributed by atoms with Crippen LogP contribution in [0.1, 0.15) is 20.3 Å².